The van der Waals surface area contributed by atoms with E-state index in [0.29, 0.717) is 33.6 Å². The summed E-state index contributed by atoms with van der Waals surface area (Å²) in [5, 5.41) is 16.7. The summed E-state index contributed by atoms with van der Waals surface area (Å²) in [4.78, 5) is 50.8. The van der Waals surface area contributed by atoms with Crippen LogP contribution in [0.5, 0.6) is 0 Å². The van der Waals surface area contributed by atoms with Crippen LogP contribution in [0.1, 0.15) is 22.5 Å². The largest absolute Gasteiger partial charge is 1.00 e. The molecule has 1 aliphatic heterocycles. The van der Waals surface area contributed by atoms with E-state index in [-0.39, 0.29) is 55.2 Å². The van der Waals surface area contributed by atoms with Crippen LogP contribution in [0.3, 0.4) is 0 Å². The molecule has 0 radical (unpaired) electrons. The van der Waals surface area contributed by atoms with E-state index in [0.717, 1.165) is 11.3 Å². The van der Waals surface area contributed by atoms with Crippen LogP contribution in [0.2, 0.25) is 4.34 Å². The summed E-state index contributed by atoms with van der Waals surface area (Å²) in [6, 6.07) is 14.0. The van der Waals surface area contributed by atoms with Gasteiger partial charge in [0.15, 0.2) is 0 Å². The first-order valence-corrected chi connectivity index (χ1v) is 12.1. The summed E-state index contributed by atoms with van der Waals surface area (Å²) in [5.74, 6) is -1.82. The van der Waals surface area contributed by atoms with Crippen molar-refractivity contribution in [3.05, 3.63) is 80.4 Å². The minimum atomic E-state index is -1.21. The number of aromatic nitrogens is 1. The Bertz CT molecular complexity index is 1300. The van der Waals surface area contributed by atoms with Crippen LogP contribution in [0.15, 0.2) is 65.6 Å². The monoisotopic (exact) mass is 520 g/mol. The number of hydrogen-bond donors (Lipinski definition) is 2. The molecule has 2 aromatic heterocycles. The zero-order valence-electron chi connectivity index (χ0n) is 19.5. The second-order valence-corrected chi connectivity index (χ2v) is 9.80. The first-order chi connectivity index (χ1) is 16.8. The number of amides is 2. The molecule has 1 fully saturated rings. The summed E-state index contributed by atoms with van der Waals surface area (Å²) in [6.45, 7) is 0.444. The molecule has 36 heavy (non-hydrogen) atoms. The third-order valence-electron chi connectivity index (χ3n) is 5.68. The SMILES string of the molecule is O=C([O-])CCN1CC(NC(=O)c2ccc(Cl)s2)CC1C(=O)Nc1ccc(-n2ccccc2=O)cc1.[Li+]. The number of rotatable bonds is 8. The number of carboxylic acids is 1. The van der Waals surface area contributed by atoms with Gasteiger partial charge < -0.3 is 20.5 Å². The number of benzene rings is 1. The number of likely N-dealkylation sites (tertiary alicyclic amines) is 1. The van der Waals surface area contributed by atoms with Gasteiger partial charge in [0.1, 0.15) is 0 Å². The normalized spacial score (nSPS) is 17.2. The van der Waals surface area contributed by atoms with E-state index >= 15 is 0 Å². The Labute approximate surface area is 228 Å². The van der Waals surface area contributed by atoms with E-state index in [2.05, 4.69) is 10.6 Å². The second-order valence-electron chi connectivity index (χ2n) is 8.09. The number of carbonyl (C=O) groups excluding carboxylic acids is 3. The molecule has 3 aromatic rings. The van der Waals surface area contributed by atoms with E-state index < -0.39 is 12.0 Å². The fourth-order valence-electron chi connectivity index (χ4n) is 4.03. The van der Waals surface area contributed by atoms with E-state index in [1.54, 1.807) is 59.6 Å². The second kappa shape index (κ2) is 12.4. The van der Waals surface area contributed by atoms with E-state index in [9.17, 15) is 24.3 Å². The molecule has 9 nitrogen and oxygen atoms in total. The van der Waals surface area contributed by atoms with Crippen LogP contribution in [-0.4, -0.2) is 52.4 Å². The molecule has 182 valence electrons. The van der Waals surface area contributed by atoms with Crippen LogP contribution in [0.4, 0.5) is 5.69 Å². The standard InChI is InChI=1S/C24H23ClN4O5S.Li/c25-20-9-8-19(35-20)24(34)27-16-13-18(28(14-16)12-10-22(31)32)23(33)26-15-4-6-17(7-5-15)29-11-2-1-3-21(29)30;/h1-9,11,16,18H,10,12-14H2,(H,26,33)(H,27,34)(H,31,32);/q;+1/p-1. The Morgan fingerprint density at radius 2 is 1.83 bits per heavy atom. The average molecular weight is 521 g/mol. The smallest absolute Gasteiger partial charge is 0.550 e. The van der Waals surface area contributed by atoms with Crippen molar-refractivity contribution in [2.75, 3.05) is 18.4 Å². The zero-order chi connectivity index (χ0) is 24.9. The number of halogens is 1. The number of pyridine rings is 1. The molecule has 1 aromatic carbocycles. The van der Waals surface area contributed by atoms with Crippen molar-refractivity contribution in [3.8, 4) is 5.69 Å². The maximum Gasteiger partial charge on any atom is 1.00 e. The van der Waals surface area contributed by atoms with Gasteiger partial charge >= 0.3 is 18.9 Å². The molecular formula is C24H22ClLiN4O5S. The minimum absolute atomic E-state index is 0. The maximum atomic E-state index is 13.1. The Kier molecular flexibility index (Phi) is 9.54. The van der Waals surface area contributed by atoms with Gasteiger partial charge in [0, 0.05) is 48.7 Å². The number of carbonyl (C=O) groups is 3. The summed E-state index contributed by atoms with van der Waals surface area (Å²) in [7, 11) is 0. The van der Waals surface area contributed by atoms with E-state index in [1.165, 1.54) is 10.6 Å². The summed E-state index contributed by atoms with van der Waals surface area (Å²) in [5.41, 5.74) is 1.02. The molecule has 12 heteroatoms. The van der Waals surface area contributed by atoms with Gasteiger partial charge in [-0.05, 0) is 55.3 Å². The third kappa shape index (κ3) is 6.87. The molecule has 2 atom stereocenters. The number of thiophene rings is 1. The molecule has 0 spiro atoms. The number of nitrogens with zero attached hydrogens (tertiary/aromatic N) is 2. The van der Waals surface area contributed by atoms with E-state index in [4.69, 9.17) is 11.6 Å². The predicted molar refractivity (Wildman–Crippen MR) is 131 cm³/mol. The van der Waals surface area contributed by atoms with Crippen molar-refractivity contribution in [3.63, 3.8) is 0 Å². The first-order valence-electron chi connectivity index (χ1n) is 10.9. The molecule has 2 amide bonds. The van der Waals surface area contributed by atoms with Crippen LogP contribution < -0.4 is 40.2 Å². The maximum absolute atomic E-state index is 13.1. The van der Waals surface area contributed by atoms with Crippen LogP contribution in [0, 0.1) is 0 Å². The fourth-order valence-corrected chi connectivity index (χ4v) is 4.97. The molecule has 1 aliphatic rings. The molecule has 4 rings (SSSR count). The summed E-state index contributed by atoms with van der Waals surface area (Å²) < 4.78 is 1.98. The fraction of sp³-hybridized carbons (Fsp3) is 0.250. The number of nitrogens with one attached hydrogen (secondary N) is 2. The topological polar surface area (TPSA) is 124 Å². The van der Waals surface area contributed by atoms with Gasteiger partial charge in [0.05, 0.1) is 15.3 Å². The number of aliphatic carboxylic acids is 1. The minimum Gasteiger partial charge on any atom is -0.550 e. The van der Waals surface area contributed by atoms with Crippen molar-refractivity contribution in [1.29, 1.82) is 0 Å². The molecule has 1 saturated heterocycles. The van der Waals surface area contributed by atoms with Crippen molar-refractivity contribution >= 4 is 46.4 Å². The summed E-state index contributed by atoms with van der Waals surface area (Å²) >= 11 is 7.06. The predicted octanol–water partition coefficient (Wildman–Crippen LogP) is -1.49. The molecule has 3 heterocycles. The molecule has 2 N–H and O–H groups in total. The molecule has 0 bridgehead atoms. The van der Waals surface area contributed by atoms with Gasteiger partial charge in [-0.3, -0.25) is 23.9 Å². The molecule has 2 unspecified atom stereocenters. The quantitative estimate of drug-likeness (QED) is 0.349. The Morgan fingerprint density at radius 3 is 2.47 bits per heavy atom. The Hall–Kier alpha value is -2.87. The van der Waals surface area contributed by atoms with Crippen molar-refractivity contribution in [2.24, 2.45) is 0 Å². The average Bonchev–Trinajstić information content (AvgIpc) is 3.45. The number of hydrogen-bond acceptors (Lipinski definition) is 7. The van der Waals surface area contributed by atoms with Crippen molar-refractivity contribution in [2.45, 2.75) is 24.9 Å². The van der Waals surface area contributed by atoms with Gasteiger partial charge in [0.2, 0.25) is 5.91 Å². The number of carboxylic acid groups (broad SMARTS) is 1. The number of anilines is 1. The van der Waals surface area contributed by atoms with Gasteiger partial charge in [-0.1, -0.05) is 17.7 Å². The van der Waals surface area contributed by atoms with Crippen molar-refractivity contribution < 1.29 is 38.4 Å². The van der Waals surface area contributed by atoms with Crippen molar-refractivity contribution in [1.82, 2.24) is 14.8 Å². The van der Waals surface area contributed by atoms with Crippen LogP contribution >= 0.6 is 22.9 Å². The van der Waals surface area contributed by atoms with Gasteiger partial charge in [0.25, 0.3) is 11.5 Å². The van der Waals surface area contributed by atoms with Gasteiger partial charge in [-0.15, -0.1) is 11.3 Å². The van der Waals surface area contributed by atoms with Crippen LogP contribution in [-0.2, 0) is 9.59 Å². The molecular weight excluding hydrogens is 499 g/mol. The van der Waals surface area contributed by atoms with Crippen LogP contribution in [0.25, 0.3) is 5.69 Å². The first kappa shape index (κ1) is 27.7. The zero-order valence-corrected chi connectivity index (χ0v) is 21.1. The Balaban J connectivity index is 0.00000361. The van der Waals surface area contributed by atoms with Gasteiger partial charge in [-0.2, -0.15) is 0 Å². The third-order valence-corrected chi connectivity index (χ3v) is 6.91. The van der Waals surface area contributed by atoms with Gasteiger partial charge in [-0.25, -0.2) is 0 Å². The molecule has 0 saturated carbocycles. The molecule has 0 aliphatic carbocycles. The van der Waals surface area contributed by atoms with E-state index in [1.807, 2.05) is 0 Å². The Morgan fingerprint density at radius 1 is 1.08 bits per heavy atom. The summed E-state index contributed by atoms with van der Waals surface area (Å²) in [6.07, 6.45) is 1.74.